The first kappa shape index (κ1) is 16.0. The molecule has 1 atom stereocenters. The van der Waals surface area contributed by atoms with Crippen LogP contribution in [0.5, 0.6) is 11.5 Å². The predicted octanol–water partition coefficient (Wildman–Crippen LogP) is 3.15. The van der Waals surface area contributed by atoms with Gasteiger partial charge in [0.05, 0.1) is 19.5 Å². The van der Waals surface area contributed by atoms with Crippen molar-refractivity contribution in [2.45, 2.75) is 18.1 Å². The van der Waals surface area contributed by atoms with E-state index in [4.69, 9.17) is 14.2 Å². The molecule has 1 unspecified atom stereocenters. The highest BCUT2D eigenvalue weighted by Gasteiger charge is 2.18. The molecule has 0 saturated carbocycles. The number of ether oxygens (including phenoxy) is 3. The van der Waals surface area contributed by atoms with Crippen molar-refractivity contribution in [3.05, 3.63) is 58.9 Å². The summed E-state index contributed by atoms with van der Waals surface area (Å²) < 4.78 is 41.9. The van der Waals surface area contributed by atoms with Crippen LogP contribution in [-0.2, 0) is 33.6 Å². The summed E-state index contributed by atoms with van der Waals surface area (Å²) in [7, 11) is 0.410. The van der Waals surface area contributed by atoms with Crippen molar-refractivity contribution >= 4 is 10.8 Å². The molecular weight excluding hydrogens is 319 g/mol. The molecule has 0 amide bonds. The van der Waals surface area contributed by atoms with Gasteiger partial charge < -0.3 is 14.2 Å². The standard InChI is InChI=1S/C17H17FO4S/c1-20-16-4-2-3-12(5-16)9-23(19)10-14-7-15(18)6-13-8-21-11-22-17(13)14/h2-7H,8-11H2,1H3. The largest absolute Gasteiger partial charge is 0.497 e. The van der Waals surface area contributed by atoms with Crippen LogP contribution in [0.25, 0.3) is 0 Å². The molecule has 0 N–H and O–H groups in total. The Morgan fingerprint density at radius 2 is 2.13 bits per heavy atom. The van der Waals surface area contributed by atoms with E-state index < -0.39 is 10.8 Å². The minimum atomic E-state index is -1.18. The maximum atomic E-state index is 13.7. The second-order valence-electron chi connectivity index (χ2n) is 5.24. The Kier molecular flexibility index (Phi) is 4.93. The fraction of sp³-hybridized carbons (Fsp3) is 0.294. The Morgan fingerprint density at radius 3 is 2.96 bits per heavy atom. The number of fused-ring (bicyclic) bond motifs is 1. The van der Waals surface area contributed by atoms with Crippen LogP contribution < -0.4 is 9.47 Å². The summed E-state index contributed by atoms with van der Waals surface area (Å²) in [4.78, 5) is 0. The van der Waals surface area contributed by atoms with Crippen LogP contribution in [-0.4, -0.2) is 18.1 Å². The van der Waals surface area contributed by atoms with Crippen LogP contribution in [0.2, 0.25) is 0 Å². The van der Waals surface area contributed by atoms with Crippen LogP contribution in [0.1, 0.15) is 16.7 Å². The highest BCUT2D eigenvalue weighted by atomic mass is 32.2. The molecule has 23 heavy (non-hydrogen) atoms. The van der Waals surface area contributed by atoms with E-state index >= 15 is 0 Å². The molecule has 2 aromatic carbocycles. The van der Waals surface area contributed by atoms with Gasteiger partial charge >= 0.3 is 0 Å². The van der Waals surface area contributed by atoms with Crippen molar-refractivity contribution in [1.29, 1.82) is 0 Å². The molecule has 0 aliphatic carbocycles. The lowest BCUT2D eigenvalue weighted by atomic mass is 10.1. The lowest BCUT2D eigenvalue weighted by molar-refractivity contribution is -0.0171. The molecular formula is C17H17FO4S. The molecule has 4 nitrogen and oxygen atoms in total. The molecule has 0 bridgehead atoms. The summed E-state index contributed by atoms with van der Waals surface area (Å²) in [5.41, 5.74) is 2.19. The Hall–Kier alpha value is -1.92. The monoisotopic (exact) mass is 336 g/mol. The van der Waals surface area contributed by atoms with Gasteiger partial charge in [-0.25, -0.2) is 4.39 Å². The summed E-state index contributed by atoms with van der Waals surface area (Å²) >= 11 is 0. The molecule has 0 fully saturated rings. The maximum Gasteiger partial charge on any atom is 0.189 e. The molecule has 0 spiro atoms. The molecule has 1 aliphatic heterocycles. The van der Waals surface area contributed by atoms with Gasteiger partial charge in [-0.3, -0.25) is 4.21 Å². The van der Waals surface area contributed by atoms with E-state index in [9.17, 15) is 8.60 Å². The highest BCUT2D eigenvalue weighted by Crippen LogP contribution is 2.30. The third-order valence-electron chi connectivity index (χ3n) is 3.53. The summed E-state index contributed by atoms with van der Waals surface area (Å²) in [6, 6.07) is 10.2. The average Bonchev–Trinajstić information content (AvgIpc) is 2.54. The fourth-order valence-corrected chi connectivity index (χ4v) is 3.75. The number of hydrogen-bond acceptors (Lipinski definition) is 4. The van der Waals surface area contributed by atoms with Gasteiger partial charge in [-0.05, 0) is 29.8 Å². The van der Waals surface area contributed by atoms with Crippen molar-refractivity contribution < 1.29 is 22.8 Å². The Morgan fingerprint density at radius 1 is 1.26 bits per heavy atom. The Labute approximate surface area is 136 Å². The zero-order valence-electron chi connectivity index (χ0n) is 12.7. The van der Waals surface area contributed by atoms with E-state index in [1.165, 1.54) is 12.1 Å². The van der Waals surface area contributed by atoms with E-state index in [1.54, 1.807) is 7.11 Å². The summed E-state index contributed by atoms with van der Waals surface area (Å²) in [6.45, 7) is 0.441. The van der Waals surface area contributed by atoms with E-state index in [-0.39, 0.29) is 18.4 Å². The third kappa shape index (κ3) is 3.89. The van der Waals surface area contributed by atoms with E-state index in [0.717, 1.165) is 11.3 Å². The molecule has 0 radical (unpaired) electrons. The topological polar surface area (TPSA) is 44.8 Å². The third-order valence-corrected chi connectivity index (χ3v) is 4.82. The lowest BCUT2D eigenvalue weighted by Crippen LogP contribution is -2.14. The van der Waals surface area contributed by atoms with Gasteiger partial charge in [0.2, 0.25) is 0 Å². The first-order valence-electron chi connectivity index (χ1n) is 7.15. The Balaban J connectivity index is 1.76. The second kappa shape index (κ2) is 7.10. The molecule has 0 aromatic heterocycles. The van der Waals surface area contributed by atoms with Gasteiger partial charge in [0.1, 0.15) is 17.3 Å². The van der Waals surface area contributed by atoms with E-state index in [0.29, 0.717) is 29.2 Å². The number of benzene rings is 2. The summed E-state index contributed by atoms with van der Waals surface area (Å²) in [5, 5.41) is 0. The fourth-order valence-electron chi connectivity index (χ4n) is 2.54. The van der Waals surface area contributed by atoms with E-state index in [1.807, 2.05) is 24.3 Å². The second-order valence-corrected chi connectivity index (χ2v) is 6.70. The van der Waals surface area contributed by atoms with Crippen LogP contribution in [0.4, 0.5) is 4.39 Å². The molecule has 122 valence electrons. The average molecular weight is 336 g/mol. The van der Waals surface area contributed by atoms with Crippen molar-refractivity contribution in [2.75, 3.05) is 13.9 Å². The summed E-state index contributed by atoms with van der Waals surface area (Å²) in [6.07, 6.45) is 0. The van der Waals surface area contributed by atoms with Gasteiger partial charge in [0.25, 0.3) is 0 Å². The van der Waals surface area contributed by atoms with Crippen LogP contribution in [0.3, 0.4) is 0 Å². The Bertz CT molecular complexity index is 733. The predicted molar refractivity (Wildman–Crippen MR) is 85.2 cm³/mol. The van der Waals surface area contributed by atoms with Gasteiger partial charge in [-0.15, -0.1) is 0 Å². The molecule has 1 aliphatic rings. The minimum Gasteiger partial charge on any atom is -0.497 e. The highest BCUT2D eigenvalue weighted by molar-refractivity contribution is 7.83. The van der Waals surface area contributed by atoms with Crippen molar-refractivity contribution in [3.8, 4) is 11.5 Å². The quantitative estimate of drug-likeness (QED) is 0.841. The van der Waals surface area contributed by atoms with Crippen LogP contribution >= 0.6 is 0 Å². The maximum absolute atomic E-state index is 13.7. The van der Waals surface area contributed by atoms with Gasteiger partial charge in [0.15, 0.2) is 6.79 Å². The normalized spacial score (nSPS) is 14.7. The van der Waals surface area contributed by atoms with Crippen molar-refractivity contribution in [1.82, 2.24) is 0 Å². The zero-order valence-corrected chi connectivity index (χ0v) is 13.5. The van der Waals surface area contributed by atoms with Crippen LogP contribution in [0.15, 0.2) is 36.4 Å². The molecule has 1 heterocycles. The van der Waals surface area contributed by atoms with Gasteiger partial charge in [0, 0.05) is 27.7 Å². The number of rotatable bonds is 5. The molecule has 6 heteroatoms. The zero-order chi connectivity index (χ0) is 16.2. The van der Waals surface area contributed by atoms with Gasteiger partial charge in [-0.2, -0.15) is 0 Å². The molecule has 3 rings (SSSR count). The minimum absolute atomic E-state index is 0.133. The van der Waals surface area contributed by atoms with Crippen molar-refractivity contribution in [3.63, 3.8) is 0 Å². The number of hydrogen-bond donors (Lipinski definition) is 0. The van der Waals surface area contributed by atoms with Gasteiger partial charge in [-0.1, -0.05) is 12.1 Å². The van der Waals surface area contributed by atoms with Crippen molar-refractivity contribution in [2.24, 2.45) is 0 Å². The first-order chi connectivity index (χ1) is 11.2. The first-order valence-corrected chi connectivity index (χ1v) is 8.64. The lowest BCUT2D eigenvalue weighted by Gasteiger charge is -2.20. The molecule has 2 aromatic rings. The summed E-state index contributed by atoms with van der Waals surface area (Å²) in [5.74, 6) is 1.56. The molecule has 0 saturated heterocycles. The number of methoxy groups -OCH3 is 1. The number of halogens is 1. The van der Waals surface area contributed by atoms with E-state index in [2.05, 4.69) is 0 Å². The smallest absolute Gasteiger partial charge is 0.189 e. The van der Waals surface area contributed by atoms with Crippen LogP contribution in [0, 0.1) is 5.82 Å². The SMILES string of the molecule is COc1cccc(CS(=O)Cc2cc(F)cc3c2OCOC3)c1.